The zero-order valence-electron chi connectivity index (χ0n) is 10.7. The summed E-state index contributed by atoms with van der Waals surface area (Å²) in [7, 11) is 1.52. The number of methoxy groups -OCH3 is 1. The summed E-state index contributed by atoms with van der Waals surface area (Å²) in [4.78, 5) is 0. The number of aryl methyl sites for hydroxylation is 1. The molecule has 0 aromatic heterocycles. The fourth-order valence-electron chi connectivity index (χ4n) is 2.03. The van der Waals surface area contributed by atoms with Crippen molar-refractivity contribution in [1.82, 2.24) is 0 Å². The van der Waals surface area contributed by atoms with Crippen molar-refractivity contribution in [1.29, 1.82) is 0 Å². The van der Waals surface area contributed by atoms with Gasteiger partial charge < -0.3 is 9.84 Å². The molecule has 1 unspecified atom stereocenters. The van der Waals surface area contributed by atoms with Crippen LogP contribution in [0.15, 0.2) is 36.4 Å². The normalized spacial score (nSPS) is 12.3. The van der Waals surface area contributed by atoms with E-state index in [0.29, 0.717) is 27.5 Å². The monoisotopic (exact) mass is 280 g/mol. The summed E-state index contributed by atoms with van der Waals surface area (Å²) in [5.74, 6) is 0.215. The number of hydrogen-bond acceptors (Lipinski definition) is 2. The Labute approximate surface area is 116 Å². The van der Waals surface area contributed by atoms with Crippen LogP contribution < -0.4 is 4.74 Å². The maximum atomic E-state index is 13.1. The Morgan fingerprint density at radius 1 is 1.16 bits per heavy atom. The van der Waals surface area contributed by atoms with Crippen LogP contribution in [0.5, 0.6) is 5.75 Å². The number of aliphatic hydroxyl groups excluding tert-OH is 1. The van der Waals surface area contributed by atoms with Gasteiger partial charge in [-0.15, -0.1) is 0 Å². The largest absolute Gasteiger partial charge is 0.496 e. The summed E-state index contributed by atoms with van der Waals surface area (Å²) in [6, 6.07) is 9.30. The molecule has 2 aromatic carbocycles. The highest BCUT2D eigenvalue weighted by molar-refractivity contribution is 6.30. The molecular weight excluding hydrogens is 267 g/mol. The average molecular weight is 281 g/mol. The first-order valence-electron chi connectivity index (χ1n) is 5.80. The van der Waals surface area contributed by atoms with E-state index >= 15 is 0 Å². The molecule has 2 nitrogen and oxygen atoms in total. The molecule has 100 valence electrons. The molecule has 1 atom stereocenters. The zero-order valence-corrected chi connectivity index (χ0v) is 11.4. The van der Waals surface area contributed by atoms with Gasteiger partial charge in [-0.3, -0.25) is 0 Å². The van der Waals surface area contributed by atoms with Crippen molar-refractivity contribution in [2.45, 2.75) is 13.0 Å². The van der Waals surface area contributed by atoms with Crippen molar-refractivity contribution in [2.75, 3.05) is 7.11 Å². The molecule has 4 heteroatoms. The van der Waals surface area contributed by atoms with Gasteiger partial charge in [-0.05, 0) is 48.4 Å². The SMILES string of the molecule is COc1ccc(Cl)cc1C(O)c1ccc(F)cc1C. The molecule has 0 fully saturated rings. The predicted octanol–water partition coefficient (Wildman–Crippen LogP) is 3.88. The number of aliphatic hydroxyl groups is 1. The molecule has 2 aromatic rings. The van der Waals surface area contributed by atoms with E-state index < -0.39 is 6.10 Å². The van der Waals surface area contributed by atoms with Gasteiger partial charge in [-0.1, -0.05) is 17.7 Å². The minimum absolute atomic E-state index is 0.327. The maximum absolute atomic E-state index is 13.1. The Hall–Kier alpha value is -1.58. The average Bonchev–Trinajstić information content (AvgIpc) is 2.38. The summed E-state index contributed by atoms with van der Waals surface area (Å²) in [5.41, 5.74) is 1.86. The number of rotatable bonds is 3. The van der Waals surface area contributed by atoms with Crippen LogP contribution >= 0.6 is 11.6 Å². The Balaban J connectivity index is 2.49. The highest BCUT2D eigenvalue weighted by Crippen LogP contribution is 2.33. The molecule has 0 aliphatic rings. The van der Waals surface area contributed by atoms with Crippen LogP contribution in [0.1, 0.15) is 22.8 Å². The molecule has 2 rings (SSSR count). The van der Waals surface area contributed by atoms with Crippen LogP contribution in [-0.2, 0) is 0 Å². The van der Waals surface area contributed by atoms with Crippen LogP contribution in [0.3, 0.4) is 0 Å². The van der Waals surface area contributed by atoms with Crippen LogP contribution in [0, 0.1) is 12.7 Å². The molecule has 0 bridgehead atoms. The maximum Gasteiger partial charge on any atom is 0.125 e. The molecule has 0 spiro atoms. The molecular formula is C15H14ClFO2. The van der Waals surface area contributed by atoms with E-state index in [9.17, 15) is 9.50 Å². The molecule has 0 aliphatic carbocycles. The Morgan fingerprint density at radius 2 is 1.89 bits per heavy atom. The van der Waals surface area contributed by atoms with Crippen molar-refractivity contribution in [3.05, 3.63) is 63.9 Å². The lowest BCUT2D eigenvalue weighted by atomic mass is 9.97. The summed E-state index contributed by atoms with van der Waals surface area (Å²) < 4.78 is 18.3. The Kier molecular flexibility index (Phi) is 4.08. The third kappa shape index (κ3) is 2.88. The highest BCUT2D eigenvalue weighted by Gasteiger charge is 2.18. The van der Waals surface area contributed by atoms with Crippen LogP contribution in [0.4, 0.5) is 4.39 Å². The fraction of sp³-hybridized carbons (Fsp3) is 0.200. The van der Waals surface area contributed by atoms with E-state index in [4.69, 9.17) is 16.3 Å². The van der Waals surface area contributed by atoms with Crippen molar-refractivity contribution in [3.8, 4) is 5.75 Å². The van der Waals surface area contributed by atoms with Gasteiger partial charge in [0, 0.05) is 10.6 Å². The lowest BCUT2D eigenvalue weighted by Gasteiger charge is -2.17. The summed E-state index contributed by atoms with van der Waals surface area (Å²) in [5, 5.41) is 10.9. The Bertz CT molecular complexity index is 599. The van der Waals surface area contributed by atoms with E-state index in [0.717, 1.165) is 0 Å². The van der Waals surface area contributed by atoms with Crippen molar-refractivity contribution in [2.24, 2.45) is 0 Å². The number of hydrogen-bond donors (Lipinski definition) is 1. The second-order valence-electron chi connectivity index (χ2n) is 4.29. The van der Waals surface area contributed by atoms with Gasteiger partial charge in [0.2, 0.25) is 0 Å². The number of ether oxygens (including phenoxy) is 1. The molecule has 0 saturated carbocycles. The second kappa shape index (κ2) is 5.59. The van der Waals surface area contributed by atoms with Gasteiger partial charge in [0.15, 0.2) is 0 Å². The van der Waals surface area contributed by atoms with Crippen LogP contribution in [0.2, 0.25) is 5.02 Å². The smallest absolute Gasteiger partial charge is 0.125 e. The van der Waals surface area contributed by atoms with Gasteiger partial charge in [-0.25, -0.2) is 4.39 Å². The molecule has 19 heavy (non-hydrogen) atoms. The van der Waals surface area contributed by atoms with E-state index in [2.05, 4.69) is 0 Å². The predicted molar refractivity (Wildman–Crippen MR) is 73.2 cm³/mol. The topological polar surface area (TPSA) is 29.5 Å². The first-order valence-corrected chi connectivity index (χ1v) is 6.18. The third-order valence-electron chi connectivity index (χ3n) is 3.01. The van der Waals surface area contributed by atoms with Gasteiger partial charge in [0.1, 0.15) is 17.7 Å². The number of halogens is 2. The molecule has 0 aliphatic heterocycles. The van der Waals surface area contributed by atoms with E-state index in [1.165, 1.54) is 19.2 Å². The standard InChI is InChI=1S/C15H14ClFO2/c1-9-7-11(17)4-5-12(9)15(18)13-8-10(16)3-6-14(13)19-2/h3-8,15,18H,1-2H3. The molecule has 0 heterocycles. The summed E-state index contributed by atoms with van der Waals surface area (Å²) >= 11 is 5.94. The minimum Gasteiger partial charge on any atom is -0.496 e. The van der Waals surface area contributed by atoms with Crippen LogP contribution in [-0.4, -0.2) is 12.2 Å². The van der Waals surface area contributed by atoms with Gasteiger partial charge in [-0.2, -0.15) is 0 Å². The quantitative estimate of drug-likeness (QED) is 0.924. The molecule has 0 amide bonds. The molecule has 0 saturated heterocycles. The number of benzene rings is 2. The first-order chi connectivity index (χ1) is 9.02. The lowest BCUT2D eigenvalue weighted by Crippen LogP contribution is -2.04. The fourth-order valence-corrected chi connectivity index (χ4v) is 2.21. The van der Waals surface area contributed by atoms with E-state index in [1.54, 1.807) is 31.2 Å². The molecule has 0 radical (unpaired) electrons. The van der Waals surface area contributed by atoms with Crippen molar-refractivity contribution < 1.29 is 14.2 Å². The Morgan fingerprint density at radius 3 is 2.53 bits per heavy atom. The van der Waals surface area contributed by atoms with Gasteiger partial charge in [0.05, 0.1) is 7.11 Å². The lowest BCUT2D eigenvalue weighted by molar-refractivity contribution is 0.214. The zero-order chi connectivity index (χ0) is 14.0. The van der Waals surface area contributed by atoms with Crippen molar-refractivity contribution >= 4 is 11.6 Å². The summed E-state index contributed by atoms with van der Waals surface area (Å²) in [6.45, 7) is 1.75. The highest BCUT2D eigenvalue weighted by atomic mass is 35.5. The van der Waals surface area contributed by atoms with Crippen LogP contribution in [0.25, 0.3) is 0 Å². The minimum atomic E-state index is -0.908. The van der Waals surface area contributed by atoms with Crippen molar-refractivity contribution in [3.63, 3.8) is 0 Å². The van der Waals surface area contributed by atoms with E-state index in [1.807, 2.05) is 0 Å². The van der Waals surface area contributed by atoms with Gasteiger partial charge >= 0.3 is 0 Å². The van der Waals surface area contributed by atoms with E-state index in [-0.39, 0.29) is 5.82 Å². The molecule has 1 N–H and O–H groups in total. The van der Waals surface area contributed by atoms with Gasteiger partial charge in [0.25, 0.3) is 0 Å². The third-order valence-corrected chi connectivity index (χ3v) is 3.25. The first kappa shape index (κ1) is 13.8. The summed E-state index contributed by atoms with van der Waals surface area (Å²) in [6.07, 6.45) is -0.908. The second-order valence-corrected chi connectivity index (χ2v) is 4.73.